The molecule has 2 aliphatic rings. The van der Waals surface area contributed by atoms with Gasteiger partial charge in [-0.15, -0.1) is 11.3 Å². The zero-order chi connectivity index (χ0) is 20.5. The molecule has 7 nitrogen and oxygen atoms in total. The molecular formula is C21H21N3O4S. The van der Waals surface area contributed by atoms with Gasteiger partial charge in [0.15, 0.2) is 5.78 Å². The van der Waals surface area contributed by atoms with Crippen molar-refractivity contribution < 1.29 is 19.2 Å². The Bertz CT molecular complexity index is 994. The van der Waals surface area contributed by atoms with Crippen LogP contribution in [0.15, 0.2) is 24.3 Å². The molecule has 0 bridgehead atoms. The third-order valence-corrected chi connectivity index (χ3v) is 6.41. The highest BCUT2D eigenvalue weighted by Gasteiger charge is 2.32. The van der Waals surface area contributed by atoms with Gasteiger partial charge in [0.25, 0.3) is 5.91 Å². The molecule has 1 saturated heterocycles. The molecule has 1 fully saturated rings. The van der Waals surface area contributed by atoms with Crippen LogP contribution >= 0.6 is 11.3 Å². The van der Waals surface area contributed by atoms with Gasteiger partial charge in [0.05, 0.1) is 12.1 Å². The summed E-state index contributed by atoms with van der Waals surface area (Å²) < 4.78 is 0. The number of rotatable bonds is 5. The Hall–Kier alpha value is -3.00. The highest BCUT2D eigenvalue weighted by atomic mass is 32.1. The number of carbonyl (C=O) groups is 4. The predicted octanol–water partition coefficient (Wildman–Crippen LogP) is 2.66. The van der Waals surface area contributed by atoms with Crippen LogP contribution in [0, 0.1) is 6.92 Å². The lowest BCUT2D eigenvalue weighted by molar-refractivity contribution is -0.128. The highest BCUT2D eigenvalue weighted by molar-refractivity contribution is 7.17. The zero-order valence-electron chi connectivity index (χ0n) is 16.0. The van der Waals surface area contributed by atoms with Crippen molar-refractivity contribution in [2.45, 2.75) is 32.6 Å². The molecule has 0 radical (unpaired) electrons. The first kappa shape index (κ1) is 19.3. The number of fused-ring (bicyclic) bond motifs is 1. The lowest BCUT2D eigenvalue weighted by Gasteiger charge is -2.14. The fourth-order valence-electron chi connectivity index (χ4n) is 3.67. The Kier molecular flexibility index (Phi) is 5.19. The first-order valence-electron chi connectivity index (χ1n) is 9.58. The molecule has 4 amide bonds. The average molecular weight is 411 g/mol. The summed E-state index contributed by atoms with van der Waals surface area (Å²) in [5, 5.41) is 5.67. The van der Waals surface area contributed by atoms with E-state index in [2.05, 4.69) is 10.6 Å². The molecule has 0 spiro atoms. The van der Waals surface area contributed by atoms with Gasteiger partial charge in [-0.05, 0) is 38.2 Å². The van der Waals surface area contributed by atoms with Crippen LogP contribution in [0.2, 0.25) is 0 Å². The number of nitrogens with zero attached hydrogens (tertiary/aromatic N) is 1. The van der Waals surface area contributed by atoms with Gasteiger partial charge >= 0.3 is 6.03 Å². The Balaban J connectivity index is 1.62. The van der Waals surface area contributed by atoms with Gasteiger partial charge in [0, 0.05) is 10.4 Å². The molecule has 1 aliphatic carbocycles. The molecule has 2 heterocycles. The van der Waals surface area contributed by atoms with Crippen LogP contribution in [-0.2, 0) is 22.4 Å². The molecule has 2 aromatic rings. The van der Waals surface area contributed by atoms with Crippen LogP contribution in [0.4, 0.5) is 9.80 Å². The van der Waals surface area contributed by atoms with Crippen molar-refractivity contribution in [2.24, 2.45) is 0 Å². The number of aryl methyl sites for hydroxylation is 2. The van der Waals surface area contributed by atoms with Gasteiger partial charge < -0.3 is 10.6 Å². The van der Waals surface area contributed by atoms with E-state index in [1.54, 1.807) is 12.1 Å². The first-order chi connectivity index (χ1) is 13.9. The van der Waals surface area contributed by atoms with Gasteiger partial charge in [0.1, 0.15) is 11.5 Å². The van der Waals surface area contributed by atoms with Crippen molar-refractivity contribution in [1.82, 2.24) is 10.2 Å². The van der Waals surface area contributed by atoms with Gasteiger partial charge in [-0.1, -0.05) is 29.8 Å². The topological polar surface area (TPSA) is 95.6 Å². The number of amides is 4. The molecule has 150 valence electrons. The summed E-state index contributed by atoms with van der Waals surface area (Å²) >= 11 is 1.42. The molecule has 1 aromatic heterocycles. The molecule has 1 aliphatic heterocycles. The number of imide groups is 1. The van der Waals surface area contributed by atoms with Crippen LogP contribution in [-0.4, -0.2) is 41.6 Å². The summed E-state index contributed by atoms with van der Waals surface area (Å²) in [7, 11) is 0. The fraction of sp³-hybridized carbons (Fsp3) is 0.333. The summed E-state index contributed by atoms with van der Waals surface area (Å²) in [6.45, 7) is 1.49. The van der Waals surface area contributed by atoms with E-state index in [0.29, 0.717) is 16.1 Å². The van der Waals surface area contributed by atoms with E-state index in [1.165, 1.54) is 11.3 Å². The van der Waals surface area contributed by atoms with Crippen molar-refractivity contribution in [3.8, 4) is 0 Å². The largest absolute Gasteiger partial charge is 0.329 e. The highest BCUT2D eigenvalue weighted by Crippen LogP contribution is 2.39. The summed E-state index contributed by atoms with van der Waals surface area (Å²) in [4.78, 5) is 51.2. The second kappa shape index (κ2) is 7.79. The van der Waals surface area contributed by atoms with Crippen LogP contribution in [0.3, 0.4) is 0 Å². The van der Waals surface area contributed by atoms with Crippen LogP contribution < -0.4 is 10.6 Å². The van der Waals surface area contributed by atoms with Crippen molar-refractivity contribution in [3.05, 3.63) is 51.4 Å². The van der Waals surface area contributed by atoms with Gasteiger partial charge in [0.2, 0.25) is 5.91 Å². The van der Waals surface area contributed by atoms with Crippen LogP contribution in [0.1, 0.15) is 44.8 Å². The second-order valence-electron chi connectivity index (χ2n) is 7.30. The van der Waals surface area contributed by atoms with E-state index in [-0.39, 0.29) is 18.9 Å². The van der Waals surface area contributed by atoms with Crippen molar-refractivity contribution in [2.75, 3.05) is 18.4 Å². The molecule has 29 heavy (non-hydrogen) atoms. The SMILES string of the molecule is Cc1ccc(C(=O)c2c(NC(=O)CN3C(=O)CNC3=O)sc3c2CCCC3)cc1. The maximum atomic E-state index is 13.3. The maximum Gasteiger partial charge on any atom is 0.325 e. The molecular weight excluding hydrogens is 390 g/mol. The molecule has 4 rings (SSSR count). The molecule has 0 atom stereocenters. The number of thiophene rings is 1. The fourth-order valence-corrected chi connectivity index (χ4v) is 4.97. The third-order valence-electron chi connectivity index (χ3n) is 5.20. The monoisotopic (exact) mass is 411 g/mol. The van der Waals surface area contributed by atoms with E-state index in [4.69, 9.17) is 0 Å². The number of benzene rings is 1. The van der Waals surface area contributed by atoms with E-state index in [9.17, 15) is 19.2 Å². The molecule has 0 saturated carbocycles. The van der Waals surface area contributed by atoms with E-state index >= 15 is 0 Å². The molecule has 1 aromatic carbocycles. The standard InChI is InChI=1S/C21H21N3O4S/c1-12-6-8-13(9-7-12)19(27)18-14-4-2-3-5-15(14)29-20(18)23-16(25)11-24-17(26)10-22-21(24)28/h6-9H,2-5,10-11H2,1H3,(H,22,28)(H,23,25). The number of carbonyl (C=O) groups excluding carboxylic acids is 4. The number of nitrogens with one attached hydrogen (secondary N) is 2. The van der Waals surface area contributed by atoms with Crippen LogP contribution in [0.25, 0.3) is 0 Å². The normalized spacial score (nSPS) is 15.8. The van der Waals surface area contributed by atoms with Gasteiger partial charge in [-0.2, -0.15) is 0 Å². The quantitative estimate of drug-likeness (QED) is 0.584. The number of hydrogen-bond acceptors (Lipinski definition) is 5. The van der Waals surface area contributed by atoms with Crippen molar-refractivity contribution in [1.29, 1.82) is 0 Å². The number of urea groups is 1. The number of ketones is 1. The first-order valence-corrected chi connectivity index (χ1v) is 10.4. The number of anilines is 1. The smallest absolute Gasteiger partial charge is 0.325 e. The lowest BCUT2D eigenvalue weighted by atomic mass is 9.91. The average Bonchev–Trinajstić information content (AvgIpc) is 3.22. The Morgan fingerprint density at radius 1 is 1.14 bits per heavy atom. The van der Waals surface area contributed by atoms with Crippen molar-refractivity contribution in [3.63, 3.8) is 0 Å². The minimum Gasteiger partial charge on any atom is -0.329 e. The van der Waals surface area contributed by atoms with Gasteiger partial charge in [-0.3, -0.25) is 19.3 Å². The Labute approximate surface area is 172 Å². The second-order valence-corrected chi connectivity index (χ2v) is 8.40. The third kappa shape index (κ3) is 3.80. The molecule has 2 N–H and O–H groups in total. The maximum absolute atomic E-state index is 13.3. The summed E-state index contributed by atoms with van der Waals surface area (Å²) in [6, 6.07) is 6.79. The lowest BCUT2D eigenvalue weighted by Crippen LogP contribution is -2.38. The zero-order valence-corrected chi connectivity index (χ0v) is 16.9. The van der Waals surface area contributed by atoms with E-state index in [1.807, 2.05) is 19.1 Å². The minimum absolute atomic E-state index is 0.101. The number of hydrogen-bond donors (Lipinski definition) is 2. The van der Waals surface area contributed by atoms with E-state index in [0.717, 1.165) is 46.6 Å². The summed E-state index contributed by atoms with van der Waals surface area (Å²) in [6.07, 6.45) is 3.76. The van der Waals surface area contributed by atoms with Crippen LogP contribution in [0.5, 0.6) is 0 Å². The summed E-state index contributed by atoms with van der Waals surface area (Å²) in [5.41, 5.74) is 3.19. The predicted molar refractivity (Wildman–Crippen MR) is 109 cm³/mol. The summed E-state index contributed by atoms with van der Waals surface area (Å²) in [5.74, 6) is -1.05. The Morgan fingerprint density at radius 3 is 2.55 bits per heavy atom. The Morgan fingerprint density at radius 2 is 1.86 bits per heavy atom. The molecule has 0 unspecified atom stereocenters. The van der Waals surface area contributed by atoms with E-state index < -0.39 is 17.8 Å². The molecule has 8 heteroatoms. The van der Waals surface area contributed by atoms with Gasteiger partial charge in [-0.25, -0.2) is 4.79 Å². The van der Waals surface area contributed by atoms with Crippen molar-refractivity contribution >= 4 is 40.0 Å². The minimum atomic E-state index is -0.577.